The van der Waals surface area contributed by atoms with E-state index in [4.69, 9.17) is 0 Å². The summed E-state index contributed by atoms with van der Waals surface area (Å²) in [6, 6.07) is 9.13. The lowest BCUT2D eigenvalue weighted by molar-refractivity contribution is -0.138. The third-order valence-electron chi connectivity index (χ3n) is 6.15. The lowest BCUT2D eigenvalue weighted by Crippen LogP contribution is -2.43. The van der Waals surface area contributed by atoms with Crippen molar-refractivity contribution < 1.29 is 19.5 Å². The number of amides is 2. The predicted molar refractivity (Wildman–Crippen MR) is 106 cm³/mol. The zero-order valence-corrected chi connectivity index (χ0v) is 16.2. The van der Waals surface area contributed by atoms with Gasteiger partial charge in [-0.1, -0.05) is 43.2 Å². The molecule has 6 nitrogen and oxygen atoms in total. The van der Waals surface area contributed by atoms with Crippen molar-refractivity contribution in [2.24, 2.45) is 11.8 Å². The summed E-state index contributed by atoms with van der Waals surface area (Å²) in [5.41, 5.74) is 0.689. The molecular formula is C22H30N2O4. The summed E-state index contributed by atoms with van der Waals surface area (Å²) in [6.07, 6.45) is 7.34. The summed E-state index contributed by atoms with van der Waals surface area (Å²) >= 11 is 0. The van der Waals surface area contributed by atoms with Crippen LogP contribution in [0.3, 0.4) is 0 Å². The molecule has 0 spiro atoms. The molecule has 28 heavy (non-hydrogen) atoms. The third kappa shape index (κ3) is 5.33. The van der Waals surface area contributed by atoms with Crippen LogP contribution in [0.25, 0.3) is 0 Å². The SMILES string of the molecule is O=C(NC[C@H](C(=O)O)c1ccccc1)C1CCC(NC(=O)C2CCCC2)CC1. The van der Waals surface area contributed by atoms with E-state index >= 15 is 0 Å². The highest BCUT2D eigenvalue weighted by Crippen LogP contribution is 2.28. The van der Waals surface area contributed by atoms with Crippen molar-refractivity contribution >= 4 is 17.8 Å². The van der Waals surface area contributed by atoms with E-state index in [2.05, 4.69) is 10.6 Å². The molecule has 3 N–H and O–H groups in total. The highest BCUT2D eigenvalue weighted by Gasteiger charge is 2.30. The summed E-state index contributed by atoms with van der Waals surface area (Å²) in [4.78, 5) is 36.3. The molecule has 0 saturated heterocycles. The second-order valence-electron chi connectivity index (χ2n) is 8.09. The molecule has 0 radical (unpaired) electrons. The number of carbonyl (C=O) groups is 3. The number of nitrogens with one attached hydrogen (secondary N) is 2. The molecule has 2 aliphatic rings. The first kappa shape index (κ1) is 20.4. The summed E-state index contributed by atoms with van der Waals surface area (Å²) in [5, 5.41) is 15.5. The maximum Gasteiger partial charge on any atom is 0.312 e. The van der Waals surface area contributed by atoms with Gasteiger partial charge >= 0.3 is 5.97 Å². The topological polar surface area (TPSA) is 95.5 Å². The van der Waals surface area contributed by atoms with Gasteiger partial charge in [0.25, 0.3) is 0 Å². The van der Waals surface area contributed by atoms with Crippen molar-refractivity contribution in [3.8, 4) is 0 Å². The van der Waals surface area contributed by atoms with Gasteiger partial charge in [0.2, 0.25) is 11.8 Å². The maximum atomic E-state index is 12.5. The fourth-order valence-electron chi connectivity index (χ4n) is 4.39. The van der Waals surface area contributed by atoms with Gasteiger partial charge in [-0.25, -0.2) is 0 Å². The number of aliphatic carboxylic acids is 1. The number of carboxylic acid groups (broad SMARTS) is 1. The standard InChI is InChI=1S/C22H30N2O4/c25-20(23-14-19(22(27)28)15-6-2-1-3-7-15)17-10-12-18(13-11-17)24-21(26)16-8-4-5-9-16/h1-3,6-7,16-19H,4-5,8-14H2,(H,23,25)(H,24,26)(H,27,28)/t17?,18?,19-/m0/s1. The molecule has 2 aliphatic carbocycles. The maximum absolute atomic E-state index is 12.5. The van der Waals surface area contributed by atoms with Crippen LogP contribution in [0.2, 0.25) is 0 Å². The normalized spacial score (nSPS) is 23.7. The Hall–Kier alpha value is -2.37. The first-order valence-electron chi connectivity index (χ1n) is 10.4. The summed E-state index contributed by atoms with van der Waals surface area (Å²) in [7, 11) is 0. The zero-order valence-electron chi connectivity index (χ0n) is 16.2. The summed E-state index contributed by atoms with van der Waals surface area (Å²) < 4.78 is 0. The van der Waals surface area contributed by atoms with Gasteiger partial charge < -0.3 is 15.7 Å². The van der Waals surface area contributed by atoms with Crippen molar-refractivity contribution in [1.82, 2.24) is 10.6 Å². The highest BCUT2D eigenvalue weighted by molar-refractivity contribution is 5.81. The number of hydrogen-bond donors (Lipinski definition) is 3. The van der Waals surface area contributed by atoms with Gasteiger partial charge in [-0.05, 0) is 44.1 Å². The highest BCUT2D eigenvalue weighted by atomic mass is 16.4. The van der Waals surface area contributed by atoms with Crippen LogP contribution in [0.5, 0.6) is 0 Å². The van der Waals surface area contributed by atoms with E-state index in [0.29, 0.717) is 5.56 Å². The lowest BCUT2D eigenvalue weighted by atomic mass is 9.85. The van der Waals surface area contributed by atoms with Gasteiger partial charge in [-0.2, -0.15) is 0 Å². The van der Waals surface area contributed by atoms with Gasteiger partial charge in [-0.3, -0.25) is 14.4 Å². The van der Waals surface area contributed by atoms with Crippen LogP contribution in [0.4, 0.5) is 0 Å². The van der Waals surface area contributed by atoms with Crippen molar-refractivity contribution in [2.75, 3.05) is 6.54 Å². The Morgan fingerprint density at radius 2 is 1.50 bits per heavy atom. The Kier molecular flexibility index (Phi) is 7.06. The molecule has 0 aliphatic heterocycles. The first-order chi connectivity index (χ1) is 13.5. The molecule has 0 heterocycles. The van der Waals surface area contributed by atoms with Crippen LogP contribution in [0.1, 0.15) is 62.8 Å². The Bertz CT molecular complexity index is 677. The number of carbonyl (C=O) groups excluding carboxylic acids is 2. The Balaban J connectivity index is 1.43. The fraction of sp³-hybridized carbons (Fsp3) is 0.591. The minimum atomic E-state index is -0.940. The van der Waals surface area contributed by atoms with E-state index in [0.717, 1.165) is 51.4 Å². The van der Waals surface area contributed by atoms with E-state index in [1.165, 1.54) is 0 Å². The minimum absolute atomic E-state index is 0.0808. The molecule has 1 aromatic carbocycles. The van der Waals surface area contributed by atoms with Crippen LogP contribution in [-0.4, -0.2) is 35.5 Å². The van der Waals surface area contributed by atoms with Crippen molar-refractivity contribution in [3.63, 3.8) is 0 Å². The van der Waals surface area contributed by atoms with E-state index in [-0.39, 0.29) is 36.2 Å². The molecular weight excluding hydrogens is 356 g/mol. The van der Waals surface area contributed by atoms with Crippen LogP contribution in [0.15, 0.2) is 30.3 Å². The van der Waals surface area contributed by atoms with Crippen molar-refractivity contribution in [2.45, 2.75) is 63.3 Å². The van der Waals surface area contributed by atoms with E-state index in [1.54, 1.807) is 24.3 Å². The van der Waals surface area contributed by atoms with Gasteiger partial charge in [0.15, 0.2) is 0 Å². The molecule has 1 atom stereocenters. The van der Waals surface area contributed by atoms with Crippen molar-refractivity contribution in [1.29, 1.82) is 0 Å². The smallest absolute Gasteiger partial charge is 0.312 e. The Morgan fingerprint density at radius 3 is 2.11 bits per heavy atom. The first-order valence-corrected chi connectivity index (χ1v) is 10.4. The number of hydrogen-bond acceptors (Lipinski definition) is 3. The van der Waals surface area contributed by atoms with Crippen LogP contribution in [0, 0.1) is 11.8 Å². The van der Waals surface area contributed by atoms with Crippen molar-refractivity contribution in [3.05, 3.63) is 35.9 Å². The summed E-state index contributed by atoms with van der Waals surface area (Å²) in [5.74, 6) is -1.52. The lowest BCUT2D eigenvalue weighted by Gasteiger charge is -2.29. The predicted octanol–water partition coefficient (Wildman–Crippen LogP) is 2.84. The van der Waals surface area contributed by atoms with E-state index < -0.39 is 11.9 Å². The van der Waals surface area contributed by atoms with Gasteiger partial charge in [0.1, 0.15) is 0 Å². The third-order valence-corrected chi connectivity index (χ3v) is 6.15. The molecule has 1 aromatic rings. The average Bonchev–Trinajstić information content (AvgIpc) is 3.24. The molecule has 0 bridgehead atoms. The van der Waals surface area contributed by atoms with E-state index in [1.807, 2.05) is 6.07 Å². The average molecular weight is 386 g/mol. The molecule has 2 fully saturated rings. The van der Waals surface area contributed by atoms with Crippen LogP contribution < -0.4 is 10.6 Å². The number of benzene rings is 1. The van der Waals surface area contributed by atoms with Crippen LogP contribution >= 0.6 is 0 Å². The Morgan fingerprint density at radius 1 is 0.893 bits per heavy atom. The summed E-state index contributed by atoms with van der Waals surface area (Å²) in [6.45, 7) is 0.0938. The van der Waals surface area contributed by atoms with E-state index in [9.17, 15) is 19.5 Å². The van der Waals surface area contributed by atoms with Gasteiger partial charge in [0.05, 0.1) is 5.92 Å². The molecule has 0 aromatic heterocycles. The Labute approximate surface area is 166 Å². The zero-order chi connectivity index (χ0) is 19.9. The van der Waals surface area contributed by atoms with Crippen LogP contribution in [-0.2, 0) is 14.4 Å². The molecule has 3 rings (SSSR count). The largest absolute Gasteiger partial charge is 0.481 e. The molecule has 2 amide bonds. The monoisotopic (exact) mass is 386 g/mol. The minimum Gasteiger partial charge on any atom is -0.481 e. The molecule has 152 valence electrons. The van der Waals surface area contributed by atoms with Gasteiger partial charge in [-0.15, -0.1) is 0 Å². The quantitative estimate of drug-likeness (QED) is 0.671. The molecule has 2 saturated carbocycles. The molecule has 0 unspecified atom stereocenters. The fourth-order valence-corrected chi connectivity index (χ4v) is 4.39. The second kappa shape index (κ2) is 9.71. The number of rotatable bonds is 7. The molecule has 6 heteroatoms. The van der Waals surface area contributed by atoms with Gasteiger partial charge in [0, 0.05) is 24.4 Å². The number of carboxylic acids is 1. The second-order valence-corrected chi connectivity index (χ2v) is 8.09.